The molecule has 80 valence electrons. The summed E-state index contributed by atoms with van der Waals surface area (Å²) in [5.74, 6) is 0.859. The van der Waals surface area contributed by atoms with E-state index < -0.39 is 0 Å². The van der Waals surface area contributed by atoms with Gasteiger partial charge in [0.1, 0.15) is 12.0 Å². The van der Waals surface area contributed by atoms with E-state index in [-0.39, 0.29) is 0 Å². The lowest BCUT2D eigenvalue weighted by Gasteiger charge is -1.78. The minimum absolute atomic E-state index is 0.859. The molecule has 1 rings (SSSR count). The van der Waals surface area contributed by atoms with Gasteiger partial charge in [0.25, 0.3) is 0 Å². The summed E-state index contributed by atoms with van der Waals surface area (Å²) >= 11 is 0. The summed E-state index contributed by atoms with van der Waals surface area (Å²) in [6.07, 6.45) is 4.86. The Balaban J connectivity index is 0. The van der Waals surface area contributed by atoms with Crippen LogP contribution in [-0.4, -0.2) is 4.98 Å². The zero-order valence-electron chi connectivity index (χ0n) is 9.82. The second kappa shape index (κ2) is 14.2. The van der Waals surface area contributed by atoms with Crippen molar-refractivity contribution in [2.45, 2.75) is 34.6 Å². The Labute approximate surface area is 87.3 Å². The number of hydrogen-bond donors (Lipinski definition) is 0. The second-order valence-electron chi connectivity index (χ2n) is 1.86. The first-order valence-electron chi connectivity index (χ1n) is 5.08. The van der Waals surface area contributed by atoms with Crippen molar-refractivity contribution in [1.82, 2.24) is 4.98 Å². The molecule has 0 aliphatic rings. The molecule has 0 fully saturated rings. The SMILES string of the molecule is CC.CC.Cc1ccccncco1. The van der Waals surface area contributed by atoms with Crippen molar-refractivity contribution in [3.63, 3.8) is 0 Å². The Hall–Kier alpha value is -1.31. The minimum Gasteiger partial charge on any atom is -0.468 e. The van der Waals surface area contributed by atoms with Gasteiger partial charge >= 0.3 is 0 Å². The molecule has 0 spiro atoms. The van der Waals surface area contributed by atoms with Gasteiger partial charge in [-0.3, -0.25) is 4.98 Å². The van der Waals surface area contributed by atoms with Gasteiger partial charge in [-0.2, -0.15) is 0 Å². The maximum absolute atomic E-state index is 5.08. The Bertz CT molecular complexity index is 218. The summed E-state index contributed by atoms with van der Waals surface area (Å²) in [5.41, 5.74) is 0. The quantitative estimate of drug-likeness (QED) is 0.621. The molecule has 0 N–H and O–H groups in total. The number of hydrogen-bond acceptors (Lipinski definition) is 2. The summed E-state index contributed by atoms with van der Waals surface area (Å²) in [5, 5.41) is 0. The molecule has 2 nitrogen and oxygen atoms in total. The van der Waals surface area contributed by atoms with Crippen LogP contribution in [0.2, 0.25) is 0 Å². The molecule has 0 atom stereocenters. The van der Waals surface area contributed by atoms with Crippen LogP contribution in [0.25, 0.3) is 0 Å². The summed E-state index contributed by atoms with van der Waals surface area (Å²) < 4.78 is 5.08. The fourth-order valence-electron chi connectivity index (χ4n) is 0.552. The van der Waals surface area contributed by atoms with E-state index in [9.17, 15) is 0 Å². The molecular weight excluding hydrogens is 174 g/mol. The fraction of sp³-hybridized carbons (Fsp3) is 0.417. The standard InChI is InChI=1S/C8H9NO.2C2H6/c1-8-4-2-3-5-9-6-7-10-8;2*1-2/h2-7H,1H3;2*1-2H3. The van der Waals surface area contributed by atoms with E-state index in [4.69, 9.17) is 4.42 Å². The monoisotopic (exact) mass is 195 g/mol. The summed E-state index contributed by atoms with van der Waals surface area (Å²) in [6, 6.07) is 5.61. The third kappa shape index (κ3) is 10.7. The molecule has 14 heavy (non-hydrogen) atoms. The van der Waals surface area contributed by atoms with Crippen LogP contribution in [0.3, 0.4) is 0 Å². The van der Waals surface area contributed by atoms with Crippen molar-refractivity contribution in [2.75, 3.05) is 0 Å². The average Bonchev–Trinajstić information content (AvgIpc) is 2.38. The third-order valence-electron chi connectivity index (χ3n) is 1.02. The van der Waals surface area contributed by atoms with Gasteiger partial charge in [-0.15, -0.1) is 0 Å². The lowest BCUT2D eigenvalue weighted by Crippen LogP contribution is -1.58. The molecule has 1 aromatic rings. The van der Waals surface area contributed by atoms with Gasteiger partial charge in [-0.05, 0) is 19.1 Å². The highest BCUT2D eigenvalue weighted by Crippen LogP contribution is 1.88. The van der Waals surface area contributed by atoms with Crippen molar-refractivity contribution < 1.29 is 4.42 Å². The second-order valence-corrected chi connectivity index (χ2v) is 1.86. The summed E-state index contributed by atoms with van der Waals surface area (Å²) in [6.45, 7) is 9.89. The molecule has 0 aliphatic heterocycles. The van der Waals surface area contributed by atoms with Gasteiger partial charge in [0.05, 0.1) is 6.20 Å². The van der Waals surface area contributed by atoms with Gasteiger partial charge in [0.15, 0.2) is 0 Å². The van der Waals surface area contributed by atoms with Crippen molar-refractivity contribution in [3.05, 3.63) is 42.6 Å². The zero-order valence-corrected chi connectivity index (χ0v) is 9.82. The number of nitrogens with zero attached hydrogens (tertiary/aromatic N) is 1. The maximum atomic E-state index is 5.08. The molecular formula is C12H21NO. The van der Waals surface area contributed by atoms with Crippen LogP contribution >= 0.6 is 0 Å². The van der Waals surface area contributed by atoms with Crippen LogP contribution in [-0.2, 0) is 0 Å². The van der Waals surface area contributed by atoms with E-state index in [0.717, 1.165) is 5.76 Å². The van der Waals surface area contributed by atoms with Crippen molar-refractivity contribution in [3.8, 4) is 0 Å². The van der Waals surface area contributed by atoms with Crippen molar-refractivity contribution in [2.24, 2.45) is 0 Å². The third-order valence-corrected chi connectivity index (χ3v) is 1.02. The molecule has 2 heteroatoms. The lowest BCUT2D eigenvalue weighted by molar-refractivity contribution is 0.519. The summed E-state index contributed by atoms with van der Waals surface area (Å²) in [7, 11) is 0. The first kappa shape index (κ1) is 15.2. The van der Waals surface area contributed by atoms with E-state index in [2.05, 4.69) is 4.98 Å². The van der Waals surface area contributed by atoms with Gasteiger partial charge in [-0.25, -0.2) is 0 Å². The molecule has 1 heterocycles. The van der Waals surface area contributed by atoms with Gasteiger partial charge in [-0.1, -0.05) is 33.8 Å². The molecule has 0 amide bonds. The number of rotatable bonds is 0. The van der Waals surface area contributed by atoms with Crippen LogP contribution < -0.4 is 0 Å². The van der Waals surface area contributed by atoms with E-state index in [1.165, 1.54) is 0 Å². The van der Waals surface area contributed by atoms with Crippen LogP contribution in [0.5, 0.6) is 0 Å². The van der Waals surface area contributed by atoms with Gasteiger partial charge < -0.3 is 4.42 Å². The predicted molar refractivity (Wildman–Crippen MR) is 61.6 cm³/mol. The smallest absolute Gasteiger partial charge is 0.109 e. The van der Waals surface area contributed by atoms with Crippen LogP contribution in [0.1, 0.15) is 33.5 Å². The first-order chi connectivity index (χ1) is 6.89. The average molecular weight is 195 g/mol. The molecule has 0 aromatic carbocycles. The van der Waals surface area contributed by atoms with Crippen LogP contribution in [0, 0.1) is 6.92 Å². The Morgan fingerprint density at radius 2 is 1.64 bits per heavy atom. The highest BCUT2D eigenvalue weighted by molar-refractivity contribution is 4.93. The van der Waals surface area contributed by atoms with E-state index in [0.29, 0.717) is 0 Å². The van der Waals surface area contributed by atoms with E-state index >= 15 is 0 Å². The van der Waals surface area contributed by atoms with Crippen molar-refractivity contribution >= 4 is 0 Å². The highest BCUT2D eigenvalue weighted by atomic mass is 16.3. The van der Waals surface area contributed by atoms with Crippen molar-refractivity contribution in [1.29, 1.82) is 0 Å². The first-order valence-corrected chi connectivity index (χ1v) is 5.08. The van der Waals surface area contributed by atoms with Gasteiger partial charge in [0, 0.05) is 6.20 Å². The minimum atomic E-state index is 0.859. The number of aryl methyl sites for hydroxylation is 1. The maximum Gasteiger partial charge on any atom is 0.109 e. The molecule has 0 radical (unpaired) electrons. The largest absolute Gasteiger partial charge is 0.468 e. The lowest BCUT2D eigenvalue weighted by atomic mass is 10.5. The normalized spacial score (nSPS) is 6.93. The van der Waals surface area contributed by atoms with Crippen LogP contribution in [0.4, 0.5) is 0 Å². The van der Waals surface area contributed by atoms with E-state index in [1.54, 1.807) is 18.7 Å². The Morgan fingerprint density at radius 3 is 2.29 bits per heavy atom. The van der Waals surface area contributed by atoms with Gasteiger partial charge in [0.2, 0.25) is 0 Å². The van der Waals surface area contributed by atoms with Crippen LogP contribution in [0.15, 0.2) is 41.3 Å². The molecule has 0 aliphatic carbocycles. The Morgan fingerprint density at radius 1 is 1.00 bits per heavy atom. The molecule has 1 aromatic heterocycles. The fourth-order valence-corrected chi connectivity index (χ4v) is 0.552. The highest BCUT2D eigenvalue weighted by Gasteiger charge is 1.72. The Kier molecular flexibility index (Phi) is 15.4. The topological polar surface area (TPSA) is 26.0 Å². The molecule has 0 saturated carbocycles. The predicted octanol–water partition coefficient (Wildman–Crippen LogP) is 4.16. The molecule has 0 bridgehead atoms. The van der Waals surface area contributed by atoms with E-state index in [1.807, 2.05) is 52.8 Å². The number of aromatic nitrogens is 1. The summed E-state index contributed by atoms with van der Waals surface area (Å²) in [4.78, 5) is 3.87. The molecule has 0 saturated heterocycles. The molecule has 0 unspecified atom stereocenters. The zero-order chi connectivity index (χ0) is 11.2.